The first-order chi connectivity index (χ1) is 9.90. The van der Waals surface area contributed by atoms with Crippen LogP contribution in [0.3, 0.4) is 0 Å². The lowest BCUT2D eigenvalue weighted by Gasteiger charge is -2.20. The minimum absolute atomic E-state index is 0.000565. The van der Waals surface area contributed by atoms with E-state index >= 15 is 0 Å². The Labute approximate surface area is 123 Å². The molecule has 6 nitrogen and oxygen atoms in total. The lowest BCUT2D eigenvalue weighted by Crippen LogP contribution is -2.21. The minimum Gasteiger partial charge on any atom is -0.481 e. The van der Waals surface area contributed by atoms with E-state index in [4.69, 9.17) is 5.11 Å². The zero-order chi connectivity index (χ0) is 15.6. The van der Waals surface area contributed by atoms with Gasteiger partial charge in [0.1, 0.15) is 0 Å². The van der Waals surface area contributed by atoms with Crippen molar-refractivity contribution in [3.05, 3.63) is 29.3 Å². The Kier molecular flexibility index (Phi) is 4.35. The van der Waals surface area contributed by atoms with Crippen LogP contribution in [0.1, 0.15) is 37.4 Å². The van der Waals surface area contributed by atoms with Crippen LogP contribution in [0.15, 0.2) is 18.2 Å². The summed E-state index contributed by atoms with van der Waals surface area (Å²) in [6, 6.07) is 5.80. The van der Waals surface area contributed by atoms with Crippen LogP contribution in [-0.2, 0) is 4.79 Å². The summed E-state index contributed by atoms with van der Waals surface area (Å²) in [6.07, 6.45) is 0.000565. The van der Waals surface area contributed by atoms with Crippen molar-refractivity contribution < 1.29 is 9.90 Å². The largest absolute Gasteiger partial charge is 0.481 e. The fourth-order valence-corrected chi connectivity index (χ4v) is 2.35. The molecule has 112 valence electrons. The second-order valence-corrected chi connectivity index (χ2v) is 5.67. The van der Waals surface area contributed by atoms with Gasteiger partial charge in [0.05, 0.1) is 12.5 Å². The zero-order valence-electron chi connectivity index (χ0n) is 12.7. The number of carboxylic acid groups (broad SMARTS) is 1. The first-order valence-electron chi connectivity index (χ1n) is 6.97. The van der Waals surface area contributed by atoms with Crippen LogP contribution in [0.25, 0.3) is 11.4 Å². The summed E-state index contributed by atoms with van der Waals surface area (Å²) in [5.41, 5.74) is 3.12. The molecule has 0 aliphatic heterocycles. The van der Waals surface area contributed by atoms with Gasteiger partial charge >= 0.3 is 5.97 Å². The number of rotatable bonds is 5. The Hall–Kier alpha value is -2.24. The number of hydrogen-bond donors (Lipinski definition) is 1. The summed E-state index contributed by atoms with van der Waals surface area (Å²) in [5, 5.41) is 21.0. The van der Waals surface area contributed by atoms with Gasteiger partial charge in [-0.2, -0.15) is 0 Å². The fraction of sp³-hybridized carbons (Fsp3) is 0.467. The van der Waals surface area contributed by atoms with E-state index in [1.54, 1.807) is 4.68 Å². The van der Waals surface area contributed by atoms with Crippen LogP contribution in [0.5, 0.6) is 0 Å². The second-order valence-electron chi connectivity index (χ2n) is 5.67. The Morgan fingerprint density at radius 2 is 2.05 bits per heavy atom. The van der Waals surface area contributed by atoms with Crippen molar-refractivity contribution in [2.75, 3.05) is 0 Å². The average Bonchev–Trinajstić information content (AvgIpc) is 2.87. The highest BCUT2D eigenvalue weighted by Crippen LogP contribution is 2.28. The molecule has 0 spiro atoms. The van der Waals surface area contributed by atoms with Gasteiger partial charge in [-0.3, -0.25) is 4.79 Å². The van der Waals surface area contributed by atoms with Crippen LogP contribution in [0.4, 0.5) is 0 Å². The summed E-state index contributed by atoms with van der Waals surface area (Å²) >= 11 is 0. The van der Waals surface area contributed by atoms with E-state index < -0.39 is 5.97 Å². The molecule has 1 N–H and O–H groups in total. The van der Waals surface area contributed by atoms with Gasteiger partial charge in [0, 0.05) is 5.56 Å². The number of nitrogens with zero attached hydrogens (tertiary/aromatic N) is 4. The molecule has 0 fully saturated rings. The molecule has 0 radical (unpaired) electrons. The van der Waals surface area contributed by atoms with Gasteiger partial charge in [0.15, 0.2) is 5.82 Å². The molecule has 1 aromatic carbocycles. The predicted octanol–water partition coefficient (Wildman–Crippen LogP) is 2.63. The number of aromatic nitrogens is 4. The molecule has 0 aliphatic carbocycles. The number of carboxylic acids is 1. The molecule has 2 aromatic rings. The molecule has 6 heteroatoms. The number of hydrogen-bond acceptors (Lipinski definition) is 4. The highest BCUT2D eigenvalue weighted by Gasteiger charge is 2.24. The first-order valence-corrected chi connectivity index (χ1v) is 6.97. The van der Waals surface area contributed by atoms with Gasteiger partial charge in [-0.1, -0.05) is 31.5 Å². The Bertz CT molecular complexity index is 649. The molecule has 1 heterocycles. The fourth-order valence-electron chi connectivity index (χ4n) is 2.35. The summed E-state index contributed by atoms with van der Waals surface area (Å²) in [6.45, 7) is 7.95. The van der Waals surface area contributed by atoms with Crippen molar-refractivity contribution in [1.29, 1.82) is 0 Å². The topological polar surface area (TPSA) is 80.9 Å². The number of aryl methyl sites for hydroxylation is 2. The smallest absolute Gasteiger partial charge is 0.305 e. The van der Waals surface area contributed by atoms with Crippen molar-refractivity contribution in [3.8, 4) is 11.4 Å². The molecule has 0 saturated carbocycles. The maximum atomic E-state index is 11.1. The van der Waals surface area contributed by atoms with E-state index in [0.29, 0.717) is 5.82 Å². The molecule has 1 unspecified atom stereocenters. The quantitative estimate of drug-likeness (QED) is 0.914. The Balaban J connectivity index is 2.50. The first kappa shape index (κ1) is 15.2. The van der Waals surface area contributed by atoms with Gasteiger partial charge in [-0.15, -0.1) is 5.10 Å². The molecule has 0 saturated heterocycles. The van der Waals surface area contributed by atoms with Crippen LogP contribution in [-0.4, -0.2) is 31.3 Å². The standard InChI is InChI=1S/C15H20N4O2/c1-9(2)13(8-14(20)21)19-15(16-17-18-19)12-7-10(3)5-6-11(12)4/h5-7,9,13H,8H2,1-4H3,(H,20,21). The highest BCUT2D eigenvalue weighted by molar-refractivity contribution is 5.67. The number of tetrazole rings is 1. The summed E-state index contributed by atoms with van der Waals surface area (Å²) in [5.74, 6) is -0.110. The molecule has 1 aromatic heterocycles. The van der Waals surface area contributed by atoms with Crippen LogP contribution >= 0.6 is 0 Å². The molecule has 21 heavy (non-hydrogen) atoms. The van der Waals surface area contributed by atoms with Gasteiger partial charge in [-0.05, 0) is 41.8 Å². The average molecular weight is 288 g/mol. The van der Waals surface area contributed by atoms with E-state index in [0.717, 1.165) is 16.7 Å². The normalized spacial score (nSPS) is 12.6. The van der Waals surface area contributed by atoms with E-state index in [1.807, 2.05) is 45.9 Å². The van der Waals surface area contributed by atoms with Crippen molar-refractivity contribution in [3.63, 3.8) is 0 Å². The molecule has 2 rings (SSSR count). The lowest BCUT2D eigenvalue weighted by atomic mass is 10.00. The summed E-state index contributed by atoms with van der Waals surface area (Å²) in [7, 11) is 0. The van der Waals surface area contributed by atoms with Gasteiger partial charge in [-0.25, -0.2) is 4.68 Å². The minimum atomic E-state index is -0.851. The molecular formula is C15H20N4O2. The zero-order valence-corrected chi connectivity index (χ0v) is 12.7. The molecule has 0 amide bonds. The maximum absolute atomic E-state index is 11.1. The van der Waals surface area contributed by atoms with Gasteiger partial charge < -0.3 is 5.11 Å². The van der Waals surface area contributed by atoms with Crippen LogP contribution < -0.4 is 0 Å². The number of aliphatic carboxylic acids is 1. The predicted molar refractivity (Wildman–Crippen MR) is 78.9 cm³/mol. The van der Waals surface area contributed by atoms with Crippen LogP contribution in [0, 0.1) is 19.8 Å². The maximum Gasteiger partial charge on any atom is 0.305 e. The van der Waals surface area contributed by atoms with Crippen molar-refractivity contribution in [2.24, 2.45) is 5.92 Å². The number of carbonyl (C=O) groups is 1. The molecule has 0 bridgehead atoms. The van der Waals surface area contributed by atoms with Crippen molar-refractivity contribution in [1.82, 2.24) is 20.2 Å². The van der Waals surface area contributed by atoms with Crippen LogP contribution in [0.2, 0.25) is 0 Å². The second kappa shape index (κ2) is 6.03. The Morgan fingerprint density at radius 1 is 1.33 bits per heavy atom. The van der Waals surface area contributed by atoms with Crippen molar-refractivity contribution >= 4 is 5.97 Å². The van der Waals surface area contributed by atoms with Crippen molar-refractivity contribution in [2.45, 2.75) is 40.2 Å². The Morgan fingerprint density at radius 3 is 2.67 bits per heavy atom. The molecular weight excluding hydrogens is 268 g/mol. The highest BCUT2D eigenvalue weighted by atomic mass is 16.4. The van der Waals surface area contributed by atoms with E-state index in [1.165, 1.54) is 0 Å². The lowest BCUT2D eigenvalue weighted by molar-refractivity contribution is -0.138. The third-order valence-corrected chi connectivity index (χ3v) is 3.59. The van der Waals surface area contributed by atoms with E-state index in [-0.39, 0.29) is 18.4 Å². The SMILES string of the molecule is Cc1ccc(C)c(-c2nnnn2C(CC(=O)O)C(C)C)c1. The van der Waals surface area contributed by atoms with E-state index in [2.05, 4.69) is 15.5 Å². The summed E-state index contributed by atoms with van der Waals surface area (Å²) in [4.78, 5) is 11.1. The molecule has 1 atom stereocenters. The van der Waals surface area contributed by atoms with Gasteiger partial charge in [0.25, 0.3) is 0 Å². The number of benzene rings is 1. The third kappa shape index (κ3) is 3.26. The summed E-state index contributed by atoms with van der Waals surface area (Å²) < 4.78 is 1.64. The third-order valence-electron chi connectivity index (χ3n) is 3.59. The van der Waals surface area contributed by atoms with E-state index in [9.17, 15) is 4.79 Å². The monoisotopic (exact) mass is 288 g/mol. The molecule has 0 aliphatic rings. The van der Waals surface area contributed by atoms with Gasteiger partial charge in [0.2, 0.25) is 0 Å².